The monoisotopic (exact) mass is 288 g/mol. The summed E-state index contributed by atoms with van der Waals surface area (Å²) in [5.74, 6) is 1.66. The maximum Gasteiger partial charge on any atom is 0.150 e. The molecule has 0 bridgehead atoms. The predicted molar refractivity (Wildman–Crippen MR) is 77.9 cm³/mol. The molecule has 1 fully saturated rings. The van der Waals surface area contributed by atoms with E-state index in [9.17, 15) is 5.11 Å². The first-order valence-electron chi connectivity index (χ1n) is 7.15. The number of aromatic nitrogens is 5. The second-order valence-corrected chi connectivity index (χ2v) is 5.75. The highest BCUT2D eigenvalue weighted by Gasteiger charge is 2.35. The molecule has 0 saturated carbocycles. The molecule has 2 aromatic heterocycles. The van der Waals surface area contributed by atoms with Crippen LogP contribution in [0, 0.1) is 6.92 Å². The summed E-state index contributed by atoms with van der Waals surface area (Å²) in [4.78, 5) is 10.8. The lowest BCUT2D eigenvalue weighted by Gasteiger charge is -2.39. The van der Waals surface area contributed by atoms with Crippen molar-refractivity contribution in [1.82, 2.24) is 24.7 Å². The van der Waals surface area contributed by atoms with Gasteiger partial charge in [0.25, 0.3) is 0 Å². The van der Waals surface area contributed by atoms with Gasteiger partial charge >= 0.3 is 0 Å². The van der Waals surface area contributed by atoms with Gasteiger partial charge in [-0.05, 0) is 19.8 Å². The lowest BCUT2D eigenvalue weighted by atomic mass is 9.89. The zero-order valence-electron chi connectivity index (χ0n) is 12.4. The number of hydrogen-bond acceptors (Lipinski definition) is 6. The molecule has 0 aromatic carbocycles. The lowest BCUT2D eigenvalue weighted by Crippen LogP contribution is -2.50. The quantitative estimate of drug-likeness (QED) is 0.885. The Hall–Kier alpha value is -2.02. The van der Waals surface area contributed by atoms with Gasteiger partial charge < -0.3 is 14.6 Å². The largest absolute Gasteiger partial charge is 0.388 e. The first-order chi connectivity index (χ1) is 10.1. The van der Waals surface area contributed by atoms with Crippen molar-refractivity contribution in [1.29, 1.82) is 0 Å². The summed E-state index contributed by atoms with van der Waals surface area (Å²) in [5, 5.41) is 18.9. The zero-order valence-corrected chi connectivity index (χ0v) is 12.4. The number of aryl methyl sites for hydroxylation is 2. The van der Waals surface area contributed by atoms with E-state index in [-0.39, 0.29) is 0 Å². The van der Waals surface area contributed by atoms with E-state index in [0.717, 1.165) is 36.7 Å². The van der Waals surface area contributed by atoms with E-state index in [2.05, 4.69) is 25.1 Å². The summed E-state index contributed by atoms with van der Waals surface area (Å²) >= 11 is 0. The summed E-state index contributed by atoms with van der Waals surface area (Å²) in [5.41, 5.74) is 0.0867. The fourth-order valence-corrected chi connectivity index (χ4v) is 2.91. The van der Waals surface area contributed by atoms with Crippen LogP contribution in [0.2, 0.25) is 0 Å². The molecule has 1 N–H and O–H groups in total. The van der Waals surface area contributed by atoms with Crippen LogP contribution in [-0.2, 0) is 13.5 Å². The molecular weight excluding hydrogens is 268 g/mol. The summed E-state index contributed by atoms with van der Waals surface area (Å²) < 4.78 is 1.85. The van der Waals surface area contributed by atoms with E-state index in [0.29, 0.717) is 13.0 Å². The van der Waals surface area contributed by atoms with E-state index in [1.54, 1.807) is 18.7 Å². The smallest absolute Gasteiger partial charge is 0.150 e. The maximum atomic E-state index is 10.9. The van der Waals surface area contributed by atoms with Crippen molar-refractivity contribution in [2.45, 2.75) is 31.8 Å². The highest BCUT2D eigenvalue weighted by atomic mass is 16.3. The van der Waals surface area contributed by atoms with Crippen LogP contribution < -0.4 is 4.90 Å². The SMILES string of the molecule is Cc1nccnc1N1CCCC(O)(Cc2nncn2C)C1. The zero-order chi connectivity index (χ0) is 14.9. The number of anilines is 1. The normalized spacial score (nSPS) is 22.5. The van der Waals surface area contributed by atoms with E-state index in [1.165, 1.54) is 0 Å². The first kappa shape index (κ1) is 13.9. The molecular formula is C14H20N6O. The fourth-order valence-electron chi connectivity index (χ4n) is 2.91. The molecule has 0 radical (unpaired) electrons. The standard InChI is InChI=1S/C14H20N6O/c1-11-13(16-6-5-15-11)20-7-3-4-14(21,9-20)8-12-18-17-10-19(12)2/h5-6,10,21H,3-4,7-9H2,1-2H3. The molecule has 7 nitrogen and oxygen atoms in total. The predicted octanol–water partition coefficient (Wildman–Crippen LogP) is 0.488. The van der Waals surface area contributed by atoms with Crippen LogP contribution in [0.15, 0.2) is 18.7 Å². The molecule has 21 heavy (non-hydrogen) atoms. The Morgan fingerprint density at radius 2 is 2.14 bits per heavy atom. The highest BCUT2D eigenvalue weighted by Crippen LogP contribution is 2.28. The van der Waals surface area contributed by atoms with Gasteiger partial charge in [0, 0.05) is 39.0 Å². The van der Waals surface area contributed by atoms with Crippen molar-refractivity contribution in [3.8, 4) is 0 Å². The molecule has 0 aliphatic carbocycles. The average molecular weight is 288 g/mol. The Labute approximate surface area is 123 Å². The van der Waals surface area contributed by atoms with Crippen molar-refractivity contribution in [2.75, 3.05) is 18.0 Å². The van der Waals surface area contributed by atoms with E-state index in [1.807, 2.05) is 18.5 Å². The lowest BCUT2D eigenvalue weighted by molar-refractivity contribution is 0.0236. The molecule has 2 aromatic rings. The summed E-state index contributed by atoms with van der Waals surface area (Å²) in [6.45, 7) is 3.37. The third-order valence-electron chi connectivity index (χ3n) is 4.00. The van der Waals surface area contributed by atoms with Crippen LogP contribution in [0.5, 0.6) is 0 Å². The van der Waals surface area contributed by atoms with E-state index < -0.39 is 5.60 Å². The van der Waals surface area contributed by atoms with Crippen molar-refractivity contribution in [2.24, 2.45) is 7.05 Å². The summed E-state index contributed by atoms with van der Waals surface area (Å²) in [7, 11) is 1.89. The molecule has 1 saturated heterocycles. The van der Waals surface area contributed by atoms with E-state index in [4.69, 9.17) is 0 Å². The highest BCUT2D eigenvalue weighted by molar-refractivity contribution is 5.43. The maximum absolute atomic E-state index is 10.9. The third-order valence-corrected chi connectivity index (χ3v) is 4.00. The Morgan fingerprint density at radius 1 is 1.33 bits per heavy atom. The van der Waals surface area contributed by atoms with Crippen LogP contribution in [0.3, 0.4) is 0 Å². The molecule has 1 aliphatic heterocycles. The number of nitrogens with zero attached hydrogens (tertiary/aromatic N) is 6. The number of aliphatic hydroxyl groups is 1. The van der Waals surface area contributed by atoms with Crippen molar-refractivity contribution >= 4 is 5.82 Å². The molecule has 0 amide bonds. The van der Waals surface area contributed by atoms with Gasteiger partial charge in [0.2, 0.25) is 0 Å². The van der Waals surface area contributed by atoms with Crippen molar-refractivity contribution < 1.29 is 5.11 Å². The number of hydrogen-bond donors (Lipinski definition) is 1. The van der Waals surface area contributed by atoms with Crippen LogP contribution in [0.4, 0.5) is 5.82 Å². The number of piperidine rings is 1. The Kier molecular flexibility index (Phi) is 3.59. The minimum Gasteiger partial charge on any atom is -0.388 e. The van der Waals surface area contributed by atoms with Crippen LogP contribution in [0.25, 0.3) is 0 Å². The van der Waals surface area contributed by atoms with Gasteiger partial charge in [-0.15, -0.1) is 10.2 Å². The molecule has 7 heteroatoms. The Bertz CT molecular complexity index is 627. The van der Waals surface area contributed by atoms with Crippen molar-refractivity contribution in [3.63, 3.8) is 0 Å². The van der Waals surface area contributed by atoms with Crippen molar-refractivity contribution in [3.05, 3.63) is 30.2 Å². The van der Waals surface area contributed by atoms with E-state index >= 15 is 0 Å². The molecule has 1 atom stereocenters. The molecule has 3 heterocycles. The molecule has 1 aliphatic rings. The van der Waals surface area contributed by atoms with Gasteiger partial charge in [-0.2, -0.15) is 0 Å². The Balaban J connectivity index is 1.79. The van der Waals surface area contributed by atoms with Crippen LogP contribution in [0.1, 0.15) is 24.4 Å². The summed E-state index contributed by atoms with van der Waals surface area (Å²) in [6, 6.07) is 0. The Morgan fingerprint density at radius 3 is 2.86 bits per heavy atom. The molecule has 3 rings (SSSR count). The van der Waals surface area contributed by atoms with Crippen LogP contribution in [-0.4, -0.2) is 48.5 Å². The number of β-amino-alcohol motifs (C(OH)–C–C–N with tert-alkyl or cyclic N) is 1. The van der Waals surface area contributed by atoms with Gasteiger partial charge in [-0.25, -0.2) is 4.98 Å². The number of rotatable bonds is 3. The molecule has 0 spiro atoms. The molecule has 1 unspecified atom stereocenters. The minimum atomic E-state index is -0.803. The van der Waals surface area contributed by atoms with Gasteiger partial charge in [-0.3, -0.25) is 4.98 Å². The second kappa shape index (κ2) is 5.40. The summed E-state index contributed by atoms with van der Waals surface area (Å²) in [6.07, 6.45) is 7.22. The first-order valence-corrected chi connectivity index (χ1v) is 7.15. The van der Waals surface area contributed by atoms with Gasteiger partial charge in [0.1, 0.15) is 18.0 Å². The third kappa shape index (κ3) is 2.87. The topological polar surface area (TPSA) is 80.0 Å². The van der Waals surface area contributed by atoms with Gasteiger partial charge in [-0.1, -0.05) is 0 Å². The minimum absolute atomic E-state index is 0.499. The van der Waals surface area contributed by atoms with Gasteiger partial charge in [0.05, 0.1) is 11.3 Å². The molecule has 112 valence electrons. The van der Waals surface area contributed by atoms with Gasteiger partial charge in [0.15, 0.2) is 0 Å². The van der Waals surface area contributed by atoms with Crippen LogP contribution >= 0.6 is 0 Å². The average Bonchev–Trinajstić information content (AvgIpc) is 2.84. The second-order valence-electron chi connectivity index (χ2n) is 5.75. The fraction of sp³-hybridized carbons (Fsp3) is 0.571.